The molecule has 7 nitrogen and oxygen atoms in total. The maximum absolute atomic E-state index is 12.6. The number of hydrazine groups is 1. The van der Waals surface area contributed by atoms with Crippen molar-refractivity contribution >= 4 is 10.0 Å². The zero-order chi connectivity index (χ0) is 23.1. The van der Waals surface area contributed by atoms with Gasteiger partial charge in [0.2, 0.25) is 0 Å². The van der Waals surface area contributed by atoms with Crippen molar-refractivity contribution in [2.45, 2.75) is 24.2 Å². The van der Waals surface area contributed by atoms with Crippen LogP contribution in [0.4, 0.5) is 0 Å². The van der Waals surface area contributed by atoms with Crippen LogP contribution in [0.15, 0.2) is 77.8 Å². The fraction of sp³-hybridized carbons (Fsp3) is 0.280. The summed E-state index contributed by atoms with van der Waals surface area (Å²) in [5.74, 6) is 1.24. The molecular formula is C25H26N4O3S. The molecule has 1 aromatic heterocycles. The first-order valence-corrected chi connectivity index (χ1v) is 12.4. The van der Waals surface area contributed by atoms with Gasteiger partial charge < -0.3 is 4.74 Å². The third-order valence-electron chi connectivity index (χ3n) is 5.65. The molecule has 0 unspecified atom stereocenters. The van der Waals surface area contributed by atoms with Crippen LogP contribution >= 0.6 is 0 Å². The number of benzene rings is 2. The number of nitrogens with zero attached hydrogens (tertiary/aromatic N) is 3. The first-order chi connectivity index (χ1) is 16.0. The van der Waals surface area contributed by atoms with E-state index in [0.717, 1.165) is 36.3 Å². The van der Waals surface area contributed by atoms with Gasteiger partial charge in [0.15, 0.2) is 0 Å². The summed E-state index contributed by atoms with van der Waals surface area (Å²) in [7, 11) is -3.69. The van der Waals surface area contributed by atoms with Crippen molar-refractivity contribution in [1.29, 1.82) is 5.26 Å². The fourth-order valence-corrected chi connectivity index (χ4v) is 5.08. The summed E-state index contributed by atoms with van der Waals surface area (Å²) in [6.07, 6.45) is 4.58. The summed E-state index contributed by atoms with van der Waals surface area (Å²) in [6.45, 7) is 1.94. The Hall–Kier alpha value is -3.25. The van der Waals surface area contributed by atoms with Crippen molar-refractivity contribution in [2.75, 3.05) is 19.7 Å². The zero-order valence-electron chi connectivity index (χ0n) is 18.2. The number of sulfonamides is 1. The Labute approximate surface area is 194 Å². The molecule has 0 spiro atoms. The van der Waals surface area contributed by atoms with Gasteiger partial charge in [-0.1, -0.05) is 12.1 Å². The van der Waals surface area contributed by atoms with E-state index >= 15 is 0 Å². The molecular weight excluding hydrogens is 436 g/mol. The predicted octanol–water partition coefficient (Wildman–Crippen LogP) is 3.99. The van der Waals surface area contributed by atoms with Gasteiger partial charge in [0.05, 0.1) is 28.8 Å². The number of rotatable bonds is 9. The van der Waals surface area contributed by atoms with Gasteiger partial charge in [0, 0.05) is 24.8 Å². The molecule has 1 aliphatic heterocycles. The second-order valence-corrected chi connectivity index (χ2v) is 9.73. The van der Waals surface area contributed by atoms with Crippen LogP contribution in [0.25, 0.3) is 11.3 Å². The molecule has 3 aromatic rings. The molecule has 4 rings (SSSR count). The molecule has 1 N–H and O–H groups in total. The molecule has 0 aliphatic carbocycles. The molecule has 1 saturated heterocycles. The number of aromatic nitrogens is 1. The molecule has 1 aliphatic rings. The number of nitriles is 1. The van der Waals surface area contributed by atoms with Gasteiger partial charge in [-0.15, -0.1) is 4.83 Å². The predicted molar refractivity (Wildman–Crippen MR) is 126 cm³/mol. The van der Waals surface area contributed by atoms with E-state index in [4.69, 9.17) is 10.00 Å². The van der Waals surface area contributed by atoms with Crippen LogP contribution in [0.5, 0.6) is 5.75 Å². The summed E-state index contributed by atoms with van der Waals surface area (Å²) in [6, 6.07) is 21.8. The van der Waals surface area contributed by atoms with Gasteiger partial charge >= 0.3 is 0 Å². The molecule has 0 radical (unpaired) electrons. The molecule has 1 fully saturated rings. The van der Waals surface area contributed by atoms with Crippen LogP contribution in [0, 0.1) is 17.2 Å². The molecule has 8 heteroatoms. The van der Waals surface area contributed by atoms with Gasteiger partial charge in [-0.2, -0.15) is 5.26 Å². The second-order valence-electron chi connectivity index (χ2n) is 8.07. The Morgan fingerprint density at radius 3 is 2.73 bits per heavy atom. The van der Waals surface area contributed by atoms with Crippen LogP contribution in [-0.4, -0.2) is 38.1 Å². The monoisotopic (exact) mass is 462 g/mol. The number of ether oxygens (including phenoxy) is 1. The number of hydrogen-bond acceptors (Lipinski definition) is 6. The lowest BCUT2D eigenvalue weighted by atomic mass is 10.0. The van der Waals surface area contributed by atoms with Crippen molar-refractivity contribution in [3.8, 4) is 23.1 Å². The van der Waals surface area contributed by atoms with Crippen molar-refractivity contribution in [2.24, 2.45) is 5.92 Å². The molecule has 0 saturated carbocycles. The fourth-order valence-electron chi connectivity index (χ4n) is 3.92. The summed E-state index contributed by atoms with van der Waals surface area (Å²) in [5.41, 5.74) is 2.31. The first-order valence-electron chi connectivity index (χ1n) is 11.0. The SMILES string of the molecule is N#Cc1cccc(S(=O)(=O)NN2CC[C@@H](CCCOc3ccc(-c4ccccn4)cc3)C2)c1. The van der Waals surface area contributed by atoms with Gasteiger partial charge in [-0.25, -0.2) is 13.4 Å². The third-order valence-corrected chi connectivity index (χ3v) is 7.02. The Bertz CT molecular complexity index is 1210. The smallest absolute Gasteiger partial charge is 0.253 e. The van der Waals surface area contributed by atoms with E-state index in [1.54, 1.807) is 23.3 Å². The van der Waals surface area contributed by atoms with Gasteiger partial charge in [0.1, 0.15) is 5.75 Å². The van der Waals surface area contributed by atoms with E-state index in [9.17, 15) is 8.42 Å². The first kappa shape index (κ1) is 22.9. The molecule has 1 atom stereocenters. The Morgan fingerprint density at radius 2 is 1.97 bits per heavy atom. The summed E-state index contributed by atoms with van der Waals surface area (Å²) < 4.78 is 31.1. The van der Waals surface area contributed by atoms with E-state index < -0.39 is 10.0 Å². The van der Waals surface area contributed by atoms with Gasteiger partial charge in [0.25, 0.3) is 10.0 Å². The highest BCUT2D eigenvalue weighted by molar-refractivity contribution is 7.89. The minimum atomic E-state index is -3.69. The van der Waals surface area contributed by atoms with E-state index in [0.29, 0.717) is 31.2 Å². The highest BCUT2D eigenvalue weighted by Crippen LogP contribution is 2.23. The van der Waals surface area contributed by atoms with Crippen LogP contribution in [0.2, 0.25) is 0 Å². The summed E-state index contributed by atoms with van der Waals surface area (Å²) >= 11 is 0. The standard InChI is InChI=1S/C25H26N4O3S/c26-18-21-5-3-7-24(17-21)33(30,31)28-29-15-13-20(19-29)6-4-16-32-23-11-9-22(10-12-23)25-8-1-2-14-27-25/h1-3,5,7-12,14,17,20,28H,4,6,13,15-16,19H2/t20-/m1/s1. The van der Waals surface area contributed by atoms with Gasteiger partial charge in [-0.3, -0.25) is 4.98 Å². The molecule has 0 bridgehead atoms. The minimum Gasteiger partial charge on any atom is -0.494 e. The van der Waals surface area contributed by atoms with Gasteiger partial charge in [-0.05, 0) is 79.8 Å². The van der Waals surface area contributed by atoms with Crippen LogP contribution < -0.4 is 9.57 Å². The van der Waals surface area contributed by atoms with Crippen molar-refractivity contribution in [3.63, 3.8) is 0 Å². The lowest BCUT2D eigenvalue weighted by molar-refractivity contribution is 0.269. The van der Waals surface area contributed by atoms with Crippen LogP contribution in [0.3, 0.4) is 0 Å². The van der Waals surface area contributed by atoms with E-state index in [1.165, 1.54) is 12.1 Å². The Morgan fingerprint density at radius 1 is 1.12 bits per heavy atom. The largest absolute Gasteiger partial charge is 0.494 e. The molecule has 33 heavy (non-hydrogen) atoms. The molecule has 2 aromatic carbocycles. The molecule has 2 heterocycles. The van der Waals surface area contributed by atoms with E-state index in [2.05, 4.69) is 9.82 Å². The van der Waals surface area contributed by atoms with Crippen molar-refractivity contribution < 1.29 is 13.2 Å². The average Bonchev–Trinajstić information content (AvgIpc) is 3.29. The highest BCUT2D eigenvalue weighted by atomic mass is 32.2. The summed E-state index contributed by atoms with van der Waals surface area (Å²) in [4.78, 5) is 7.10. The molecule has 170 valence electrons. The second kappa shape index (κ2) is 10.6. The zero-order valence-corrected chi connectivity index (χ0v) is 19.0. The van der Waals surface area contributed by atoms with E-state index in [-0.39, 0.29) is 4.90 Å². The maximum atomic E-state index is 12.6. The highest BCUT2D eigenvalue weighted by Gasteiger charge is 2.26. The normalized spacial score (nSPS) is 16.4. The lowest BCUT2D eigenvalue weighted by Gasteiger charge is -2.18. The number of nitrogens with one attached hydrogen (secondary N) is 1. The number of pyridine rings is 1. The Balaban J connectivity index is 1.20. The van der Waals surface area contributed by atoms with Crippen LogP contribution in [-0.2, 0) is 10.0 Å². The number of hydrogen-bond donors (Lipinski definition) is 1. The van der Waals surface area contributed by atoms with Crippen molar-refractivity contribution in [3.05, 3.63) is 78.5 Å². The Kier molecular flexibility index (Phi) is 7.35. The van der Waals surface area contributed by atoms with Crippen molar-refractivity contribution in [1.82, 2.24) is 14.8 Å². The van der Waals surface area contributed by atoms with E-state index in [1.807, 2.05) is 48.5 Å². The lowest BCUT2D eigenvalue weighted by Crippen LogP contribution is -2.40. The van der Waals surface area contributed by atoms with Crippen LogP contribution in [0.1, 0.15) is 24.8 Å². The third kappa shape index (κ3) is 6.17. The topological polar surface area (TPSA) is 95.3 Å². The quantitative estimate of drug-likeness (QED) is 0.483. The maximum Gasteiger partial charge on any atom is 0.253 e. The average molecular weight is 463 g/mol. The summed E-state index contributed by atoms with van der Waals surface area (Å²) in [5, 5.41) is 10.7. The molecule has 0 amide bonds. The minimum absolute atomic E-state index is 0.104.